The number of carbonyl (C=O) groups is 1. The molecule has 1 saturated heterocycles. The molecule has 0 saturated carbocycles. The largest absolute Gasteiger partial charge is 0.493 e. The van der Waals surface area contributed by atoms with E-state index in [0.717, 1.165) is 50.6 Å². The monoisotopic (exact) mass is 477 g/mol. The van der Waals surface area contributed by atoms with Gasteiger partial charge in [0.15, 0.2) is 5.78 Å². The van der Waals surface area contributed by atoms with E-state index in [0.29, 0.717) is 49.5 Å². The van der Waals surface area contributed by atoms with Crippen LogP contribution in [0.2, 0.25) is 0 Å². The first-order chi connectivity index (χ1) is 17.1. The lowest BCUT2D eigenvalue weighted by molar-refractivity contribution is 0.0211. The Morgan fingerprint density at radius 1 is 0.943 bits per heavy atom. The van der Waals surface area contributed by atoms with Crippen LogP contribution in [0.4, 0.5) is 5.69 Å². The highest BCUT2D eigenvalue weighted by atomic mass is 16.5. The second kappa shape index (κ2) is 11.6. The Labute approximate surface area is 209 Å². The van der Waals surface area contributed by atoms with Crippen LogP contribution in [0.15, 0.2) is 42.5 Å². The highest BCUT2D eigenvalue weighted by molar-refractivity contribution is 5.99. The van der Waals surface area contributed by atoms with Crippen molar-refractivity contribution >= 4 is 11.5 Å². The predicted octanol–water partition coefficient (Wildman–Crippen LogP) is 5.59. The number of aliphatic hydroxyl groups excluding tert-OH is 1. The van der Waals surface area contributed by atoms with E-state index in [1.807, 2.05) is 18.2 Å². The second-order valence-corrected chi connectivity index (χ2v) is 10.7. The molecule has 2 aliphatic heterocycles. The maximum atomic E-state index is 13.1. The molecule has 0 aromatic heterocycles. The van der Waals surface area contributed by atoms with Gasteiger partial charge in [0, 0.05) is 12.1 Å². The quantitative estimate of drug-likeness (QED) is 0.486. The fourth-order valence-electron chi connectivity index (χ4n) is 5.77. The van der Waals surface area contributed by atoms with Crippen molar-refractivity contribution in [2.45, 2.75) is 76.4 Å². The summed E-state index contributed by atoms with van der Waals surface area (Å²) in [6.45, 7) is 2.04. The molecular formula is C30H39NO4. The SMILES string of the molecule is O=C1CC(CCC(O)CCC2CCc3ccccc3CC2)CCOc2ccc(NC3COC3)cc21. The molecule has 1 aliphatic carbocycles. The minimum atomic E-state index is -0.283. The number of rotatable bonds is 8. The van der Waals surface area contributed by atoms with Crippen molar-refractivity contribution < 1.29 is 19.4 Å². The number of fused-ring (bicyclic) bond motifs is 2. The van der Waals surface area contributed by atoms with Gasteiger partial charge in [-0.15, -0.1) is 0 Å². The number of hydrogen-bond acceptors (Lipinski definition) is 5. The summed E-state index contributed by atoms with van der Waals surface area (Å²) < 4.78 is 11.2. The Morgan fingerprint density at radius 3 is 2.34 bits per heavy atom. The van der Waals surface area contributed by atoms with Crippen molar-refractivity contribution in [3.05, 3.63) is 59.2 Å². The van der Waals surface area contributed by atoms with E-state index in [1.54, 1.807) is 0 Å². The molecule has 2 heterocycles. The van der Waals surface area contributed by atoms with Crippen molar-refractivity contribution in [3.63, 3.8) is 0 Å². The topological polar surface area (TPSA) is 67.8 Å². The molecular weight excluding hydrogens is 438 g/mol. The van der Waals surface area contributed by atoms with Crippen molar-refractivity contribution in [3.8, 4) is 5.75 Å². The predicted molar refractivity (Wildman–Crippen MR) is 138 cm³/mol. The Bertz CT molecular complexity index is 975. The zero-order chi connectivity index (χ0) is 24.0. The third-order valence-electron chi connectivity index (χ3n) is 8.13. The van der Waals surface area contributed by atoms with Crippen LogP contribution in [0.1, 0.15) is 72.9 Å². The summed E-state index contributed by atoms with van der Waals surface area (Å²) in [5, 5.41) is 14.1. The van der Waals surface area contributed by atoms with Crippen LogP contribution < -0.4 is 10.1 Å². The molecule has 0 spiro atoms. The molecule has 2 aromatic rings. The number of Topliss-reactive ketones (excluding diaryl/α,β-unsaturated/α-hetero) is 1. The van der Waals surface area contributed by atoms with Crippen LogP contribution in [-0.2, 0) is 17.6 Å². The van der Waals surface area contributed by atoms with Gasteiger partial charge < -0.3 is 19.9 Å². The van der Waals surface area contributed by atoms with Crippen LogP contribution in [0.25, 0.3) is 0 Å². The number of ketones is 1. The summed E-state index contributed by atoms with van der Waals surface area (Å²) in [7, 11) is 0. The lowest BCUT2D eigenvalue weighted by Gasteiger charge is -2.28. The summed E-state index contributed by atoms with van der Waals surface area (Å²) >= 11 is 0. The maximum Gasteiger partial charge on any atom is 0.166 e. The zero-order valence-electron chi connectivity index (χ0n) is 20.7. The van der Waals surface area contributed by atoms with Gasteiger partial charge in [0.2, 0.25) is 0 Å². The van der Waals surface area contributed by atoms with Crippen molar-refractivity contribution in [2.24, 2.45) is 11.8 Å². The molecule has 35 heavy (non-hydrogen) atoms. The van der Waals surface area contributed by atoms with Gasteiger partial charge in [0.25, 0.3) is 0 Å². The molecule has 0 radical (unpaired) electrons. The molecule has 5 rings (SSSR count). The van der Waals surface area contributed by atoms with Gasteiger partial charge in [-0.25, -0.2) is 0 Å². The number of ether oxygens (including phenoxy) is 2. The summed E-state index contributed by atoms with van der Waals surface area (Å²) in [4.78, 5) is 13.1. The Balaban J connectivity index is 1.08. The highest BCUT2D eigenvalue weighted by Gasteiger charge is 2.25. The molecule has 2 aromatic carbocycles. The standard InChI is InChI=1S/C30H39NO4/c32-27(12-7-21-5-9-23-3-1-2-4-24(23)10-6-21)13-8-22-15-16-35-30-14-11-25(31-26-19-34-20-26)18-28(30)29(33)17-22/h1-4,11,14,18,21-22,26-27,31-32H,5-10,12-13,15-17,19-20H2. The molecule has 0 bridgehead atoms. The Hall–Kier alpha value is -2.37. The Morgan fingerprint density at radius 2 is 1.66 bits per heavy atom. The average molecular weight is 478 g/mol. The first-order valence-electron chi connectivity index (χ1n) is 13.5. The summed E-state index contributed by atoms with van der Waals surface area (Å²) in [6, 6.07) is 15.0. The van der Waals surface area contributed by atoms with Gasteiger partial charge in [-0.2, -0.15) is 0 Å². The number of carbonyl (C=O) groups excluding carboxylic acids is 1. The number of hydrogen-bond donors (Lipinski definition) is 2. The van der Waals surface area contributed by atoms with Crippen LogP contribution in [0.5, 0.6) is 5.75 Å². The number of nitrogens with one attached hydrogen (secondary N) is 1. The van der Waals surface area contributed by atoms with Gasteiger partial charge >= 0.3 is 0 Å². The normalized spacial score (nSPS) is 22.0. The lowest BCUT2D eigenvalue weighted by atomic mass is 9.87. The maximum absolute atomic E-state index is 13.1. The molecule has 5 nitrogen and oxygen atoms in total. The lowest BCUT2D eigenvalue weighted by Crippen LogP contribution is -2.40. The number of anilines is 1. The van der Waals surface area contributed by atoms with Crippen LogP contribution in [0.3, 0.4) is 0 Å². The van der Waals surface area contributed by atoms with E-state index in [4.69, 9.17) is 9.47 Å². The van der Waals surface area contributed by atoms with Gasteiger partial charge in [0.1, 0.15) is 5.75 Å². The smallest absolute Gasteiger partial charge is 0.166 e. The van der Waals surface area contributed by atoms with Gasteiger partial charge in [-0.3, -0.25) is 4.79 Å². The minimum absolute atomic E-state index is 0.144. The molecule has 3 aliphatic rings. The second-order valence-electron chi connectivity index (χ2n) is 10.7. The first kappa shape index (κ1) is 24.3. The van der Waals surface area contributed by atoms with Gasteiger partial charge in [-0.05, 0) is 98.9 Å². The minimum Gasteiger partial charge on any atom is -0.493 e. The number of aryl methyl sites for hydroxylation is 2. The van der Waals surface area contributed by atoms with Crippen molar-refractivity contribution in [1.82, 2.24) is 0 Å². The van der Waals surface area contributed by atoms with E-state index in [9.17, 15) is 9.90 Å². The van der Waals surface area contributed by atoms with Crippen LogP contribution in [-0.4, -0.2) is 42.9 Å². The summed E-state index contributed by atoms with van der Waals surface area (Å²) in [5.74, 6) is 1.79. The first-order valence-corrected chi connectivity index (χ1v) is 13.5. The van der Waals surface area contributed by atoms with Gasteiger partial charge in [-0.1, -0.05) is 24.3 Å². The van der Waals surface area contributed by atoms with E-state index in [-0.39, 0.29) is 17.8 Å². The average Bonchev–Trinajstić information content (AvgIpc) is 3.05. The fraction of sp³-hybridized carbons (Fsp3) is 0.567. The van der Waals surface area contributed by atoms with Gasteiger partial charge in [0.05, 0.1) is 37.5 Å². The molecule has 5 heteroatoms. The highest BCUT2D eigenvalue weighted by Crippen LogP contribution is 2.32. The van der Waals surface area contributed by atoms with E-state index < -0.39 is 0 Å². The van der Waals surface area contributed by atoms with Crippen molar-refractivity contribution in [2.75, 3.05) is 25.1 Å². The third kappa shape index (κ3) is 6.45. The molecule has 2 atom stereocenters. The third-order valence-corrected chi connectivity index (χ3v) is 8.13. The number of benzene rings is 2. The van der Waals surface area contributed by atoms with Crippen molar-refractivity contribution in [1.29, 1.82) is 0 Å². The zero-order valence-corrected chi connectivity index (χ0v) is 20.7. The van der Waals surface area contributed by atoms with E-state index >= 15 is 0 Å². The fourth-order valence-corrected chi connectivity index (χ4v) is 5.77. The van der Waals surface area contributed by atoms with Crippen LogP contribution >= 0.6 is 0 Å². The Kier molecular flexibility index (Phi) is 8.05. The van der Waals surface area contributed by atoms with Crippen LogP contribution in [0, 0.1) is 11.8 Å². The molecule has 1 fully saturated rings. The molecule has 0 amide bonds. The molecule has 2 N–H and O–H groups in total. The number of aliphatic hydroxyl groups is 1. The molecule has 188 valence electrons. The van der Waals surface area contributed by atoms with E-state index in [2.05, 4.69) is 29.6 Å². The molecule has 2 unspecified atom stereocenters. The summed E-state index contributed by atoms with van der Waals surface area (Å²) in [5.41, 5.74) is 4.64. The van der Waals surface area contributed by atoms with E-state index in [1.165, 1.54) is 24.0 Å². The summed E-state index contributed by atoms with van der Waals surface area (Å²) in [6.07, 6.45) is 9.47.